The van der Waals surface area contributed by atoms with Gasteiger partial charge in [0.05, 0.1) is 18.0 Å². The van der Waals surface area contributed by atoms with E-state index in [-0.39, 0.29) is 5.41 Å². The lowest BCUT2D eigenvalue weighted by atomic mass is 9.91. The van der Waals surface area contributed by atoms with Gasteiger partial charge in [0.1, 0.15) is 5.75 Å². The van der Waals surface area contributed by atoms with E-state index >= 15 is 0 Å². The highest BCUT2D eigenvalue weighted by Crippen LogP contribution is 2.34. The van der Waals surface area contributed by atoms with E-state index in [4.69, 9.17) is 4.74 Å². The minimum absolute atomic E-state index is 0.0634. The Kier molecular flexibility index (Phi) is 2.78. The van der Waals surface area contributed by atoms with Crippen LogP contribution in [0.5, 0.6) is 5.75 Å². The molecular weight excluding hydrogens is 200 g/mol. The Hall–Kier alpha value is -1.25. The van der Waals surface area contributed by atoms with Crippen LogP contribution < -0.4 is 10.1 Å². The molecule has 1 N–H and O–H groups in total. The lowest BCUT2D eigenvalue weighted by Crippen LogP contribution is -2.14. The molecule has 0 aliphatic heterocycles. The molecule has 3 heteroatoms. The number of pyridine rings is 1. The SMILES string of the molecule is CNc1cnc(C(C)(C)C)cc1OC1CC1. The Bertz CT molecular complexity index is 378. The van der Waals surface area contributed by atoms with Crippen LogP contribution in [0.3, 0.4) is 0 Å². The van der Waals surface area contributed by atoms with Gasteiger partial charge in [-0.15, -0.1) is 0 Å². The molecule has 0 amide bonds. The van der Waals surface area contributed by atoms with Crippen LogP contribution in [0.15, 0.2) is 12.3 Å². The predicted molar refractivity (Wildman–Crippen MR) is 66.1 cm³/mol. The van der Waals surface area contributed by atoms with Crippen LogP contribution in [0.2, 0.25) is 0 Å². The lowest BCUT2D eigenvalue weighted by molar-refractivity contribution is 0.303. The second kappa shape index (κ2) is 3.96. The number of ether oxygens (including phenoxy) is 1. The van der Waals surface area contributed by atoms with E-state index in [9.17, 15) is 0 Å². The molecule has 0 unspecified atom stereocenters. The minimum Gasteiger partial charge on any atom is -0.488 e. The standard InChI is InChI=1S/C13H20N2O/c1-13(2,3)12-7-11(16-9-5-6-9)10(14-4)8-15-12/h7-9,14H,5-6H2,1-4H3. The van der Waals surface area contributed by atoms with Gasteiger partial charge in [-0.25, -0.2) is 0 Å². The molecule has 1 fully saturated rings. The van der Waals surface area contributed by atoms with Crippen molar-refractivity contribution in [3.63, 3.8) is 0 Å². The second-order valence-corrected chi connectivity index (χ2v) is 5.38. The van der Waals surface area contributed by atoms with Gasteiger partial charge in [0.25, 0.3) is 0 Å². The Morgan fingerprint density at radius 1 is 1.38 bits per heavy atom. The quantitative estimate of drug-likeness (QED) is 0.850. The summed E-state index contributed by atoms with van der Waals surface area (Å²) < 4.78 is 5.88. The molecule has 1 saturated carbocycles. The van der Waals surface area contributed by atoms with Crippen molar-refractivity contribution < 1.29 is 4.74 Å². The molecule has 0 bridgehead atoms. The van der Waals surface area contributed by atoms with Gasteiger partial charge in [-0.1, -0.05) is 20.8 Å². The van der Waals surface area contributed by atoms with E-state index in [1.54, 1.807) is 0 Å². The summed E-state index contributed by atoms with van der Waals surface area (Å²) in [6.07, 6.45) is 4.63. The summed E-state index contributed by atoms with van der Waals surface area (Å²) in [4.78, 5) is 4.47. The van der Waals surface area contributed by atoms with E-state index in [1.165, 1.54) is 12.8 Å². The van der Waals surface area contributed by atoms with Gasteiger partial charge in [-0.2, -0.15) is 0 Å². The fraction of sp³-hybridized carbons (Fsp3) is 0.615. The highest BCUT2D eigenvalue weighted by atomic mass is 16.5. The molecule has 0 atom stereocenters. The average molecular weight is 220 g/mol. The molecule has 2 rings (SSSR count). The zero-order valence-corrected chi connectivity index (χ0v) is 10.5. The topological polar surface area (TPSA) is 34.2 Å². The van der Waals surface area contributed by atoms with Gasteiger partial charge >= 0.3 is 0 Å². The molecule has 0 spiro atoms. The maximum atomic E-state index is 5.88. The maximum absolute atomic E-state index is 5.88. The van der Waals surface area contributed by atoms with E-state index in [0.717, 1.165) is 17.1 Å². The first-order valence-corrected chi connectivity index (χ1v) is 5.85. The van der Waals surface area contributed by atoms with Gasteiger partial charge in [0.15, 0.2) is 0 Å². The second-order valence-electron chi connectivity index (χ2n) is 5.38. The summed E-state index contributed by atoms with van der Waals surface area (Å²) in [5.41, 5.74) is 2.11. The van der Waals surface area contributed by atoms with Crippen molar-refractivity contribution in [3.05, 3.63) is 18.0 Å². The van der Waals surface area contributed by atoms with Crippen molar-refractivity contribution in [1.82, 2.24) is 4.98 Å². The molecule has 1 aliphatic rings. The van der Waals surface area contributed by atoms with E-state index in [0.29, 0.717) is 6.10 Å². The molecule has 0 radical (unpaired) electrons. The normalized spacial score (nSPS) is 16.0. The smallest absolute Gasteiger partial charge is 0.146 e. The Morgan fingerprint density at radius 2 is 2.06 bits per heavy atom. The third-order valence-corrected chi connectivity index (χ3v) is 2.72. The molecular formula is C13H20N2O. The molecule has 0 saturated heterocycles. The van der Waals surface area contributed by atoms with Gasteiger partial charge < -0.3 is 10.1 Å². The first-order chi connectivity index (χ1) is 7.50. The van der Waals surface area contributed by atoms with Crippen LogP contribution in [-0.4, -0.2) is 18.1 Å². The molecule has 1 aromatic rings. The summed E-state index contributed by atoms with van der Waals surface area (Å²) >= 11 is 0. The number of nitrogens with one attached hydrogen (secondary N) is 1. The number of anilines is 1. The van der Waals surface area contributed by atoms with Crippen molar-refractivity contribution in [2.45, 2.75) is 45.1 Å². The Labute approximate surface area is 97.2 Å². The van der Waals surface area contributed by atoms with E-state index < -0.39 is 0 Å². The number of hydrogen-bond donors (Lipinski definition) is 1. The van der Waals surface area contributed by atoms with E-state index in [1.807, 2.05) is 13.2 Å². The largest absolute Gasteiger partial charge is 0.488 e. The molecule has 1 heterocycles. The monoisotopic (exact) mass is 220 g/mol. The molecule has 16 heavy (non-hydrogen) atoms. The summed E-state index contributed by atoms with van der Waals surface area (Å²) in [7, 11) is 1.90. The first-order valence-electron chi connectivity index (χ1n) is 5.85. The Morgan fingerprint density at radius 3 is 2.56 bits per heavy atom. The molecule has 3 nitrogen and oxygen atoms in total. The van der Waals surface area contributed by atoms with Crippen molar-refractivity contribution in [2.75, 3.05) is 12.4 Å². The third-order valence-electron chi connectivity index (χ3n) is 2.72. The van der Waals surface area contributed by atoms with Crippen LogP contribution in [0, 0.1) is 0 Å². The number of rotatable bonds is 3. The molecule has 88 valence electrons. The first kappa shape index (κ1) is 11.2. The number of aromatic nitrogens is 1. The van der Waals surface area contributed by atoms with Crippen molar-refractivity contribution >= 4 is 5.69 Å². The zero-order chi connectivity index (χ0) is 11.8. The molecule has 1 aliphatic carbocycles. The van der Waals surface area contributed by atoms with Gasteiger partial charge in [0.2, 0.25) is 0 Å². The summed E-state index contributed by atoms with van der Waals surface area (Å²) in [5, 5.41) is 3.12. The predicted octanol–water partition coefficient (Wildman–Crippen LogP) is 2.96. The van der Waals surface area contributed by atoms with Gasteiger partial charge in [-0.05, 0) is 12.8 Å². The Balaban J connectivity index is 2.29. The van der Waals surface area contributed by atoms with Crippen molar-refractivity contribution in [2.24, 2.45) is 0 Å². The third kappa shape index (κ3) is 2.46. The van der Waals surface area contributed by atoms with Crippen LogP contribution in [0.1, 0.15) is 39.3 Å². The number of hydrogen-bond acceptors (Lipinski definition) is 3. The fourth-order valence-electron chi connectivity index (χ4n) is 1.50. The molecule has 1 aromatic heterocycles. The highest BCUT2D eigenvalue weighted by Gasteiger charge is 2.25. The van der Waals surface area contributed by atoms with Gasteiger partial charge in [-0.3, -0.25) is 4.98 Å². The maximum Gasteiger partial charge on any atom is 0.146 e. The zero-order valence-electron chi connectivity index (χ0n) is 10.5. The molecule has 0 aromatic carbocycles. The fourth-order valence-corrected chi connectivity index (χ4v) is 1.50. The summed E-state index contributed by atoms with van der Waals surface area (Å²) in [5.74, 6) is 0.935. The van der Waals surface area contributed by atoms with Crippen LogP contribution in [0.25, 0.3) is 0 Å². The minimum atomic E-state index is 0.0634. The van der Waals surface area contributed by atoms with Crippen molar-refractivity contribution in [3.8, 4) is 5.75 Å². The summed E-state index contributed by atoms with van der Waals surface area (Å²) in [6, 6.07) is 2.06. The van der Waals surface area contributed by atoms with Crippen molar-refractivity contribution in [1.29, 1.82) is 0 Å². The lowest BCUT2D eigenvalue weighted by Gasteiger charge is -2.20. The average Bonchev–Trinajstić information content (AvgIpc) is 3.00. The number of nitrogens with zero attached hydrogens (tertiary/aromatic N) is 1. The van der Waals surface area contributed by atoms with Gasteiger partial charge in [0, 0.05) is 24.2 Å². The van der Waals surface area contributed by atoms with Crippen LogP contribution in [-0.2, 0) is 5.41 Å². The van der Waals surface area contributed by atoms with E-state index in [2.05, 4.69) is 37.1 Å². The van der Waals surface area contributed by atoms with Crippen LogP contribution >= 0.6 is 0 Å². The van der Waals surface area contributed by atoms with Crippen LogP contribution in [0.4, 0.5) is 5.69 Å². The highest BCUT2D eigenvalue weighted by molar-refractivity contribution is 5.55. The summed E-state index contributed by atoms with van der Waals surface area (Å²) in [6.45, 7) is 6.49.